The quantitative estimate of drug-likeness (QED) is 0.134. The Morgan fingerprint density at radius 2 is 0.393 bits per heavy atom. The number of hydrogen-bond donors (Lipinski definition) is 0. The summed E-state index contributed by atoms with van der Waals surface area (Å²) in [5.41, 5.74) is 3.90. The van der Waals surface area contributed by atoms with Crippen LogP contribution in [0.25, 0.3) is 10.8 Å². The zero-order chi connectivity index (χ0) is 42.6. The molecule has 7 aromatic rings. The number of benzene rings is 7. The van der Waals surface area contributed by atoms with Gasteiger partial charge in [0.25, 0.3) is 0 Å². The molecule has 0 saturated carbocycles. The van der Waals surface area contributed by atoms with Crippen LogP contribution in [0.2, 0.25) is 0 Å². The molecule has 303 valence electrons. The van der Waals surface area contributed by atoms with E-state index in [4.69, 9.17) is 0 Å². The molecule has 0 bridgehead atoms. The van der Waals surface area contributed by atoms with Gasteiger partial charge in [-0.25, -0.2) is 0 Å². The molecule has 0 amide bonds. The van der Waals surface area contributed by atoms with Gasteiger partial charge < -0.3 is 0 Å². The average Bonchev–Trinajstić information content (AvgIpc) is 3.31. The predicted octanol–water partition coefficient (Wildman–Crippen LogP) is 18.0. The van der Waals surface area contributed by atoms with Crippen molar-refractivity contribution in [1.29, 1.82) is 0 Å². The largest absolute Gasteiger partial charge is 0.184 e. The van der Waals surface area contributed by atoms with Crippen LogP contribution < -0.4 is 0 Å². The van der Waals surface area contributed by atoms with Crippen molar-refractivity contribution in [3.8, 4) is 0 Å². The first kappa shape index (κ1) is 63.8. The van der Waals surface area contributed by atoms with Crippen LogP contribution >= 0.6 is 0 Å². The van der Waals surface area contributed by atoms with E-state index in [1.165, 1.54) is 27.5 Å². The second kappa shape index (κ2) is 60.2. The van der Waals surface area contributed by atoms with Crippen molar-refractivity contribution in [2.24, 2.45) is 0 Å². The van der Waals surface area contributed by atoms with Crippen molar-refractivity contribution in [3.63, 3.8) is 0 Å². The van der Waals surface area contributed by atoms with Gasteiger partial charge in [-0.1, -0.05) is 254 Å². The molecule has 0 heterocycles. The molecule has 0 aliphatic carbocycles. The topological polar surface area (TPSA) is 0 Å². The average molecular weight is 828 g/mol. The van der Waals surface area contributed by atoms with E-state index in [-0.39, 0.29) is 32.7 Å². The van der Waals surface area contributed by atoms with Crippen molar-refractivity contribution < 1.29 is 32.7 Å². The minimum absolute atomic E-state index is 0. The van der Waals surface area contributed by atoms with Crippen LogP contribution in [-0.2, 0) is 32.7 Å². The molecule has 0 atom stereocenters. The van der Waals surface area contributed by atoms with Crippen LogP contribution in [0.5, 0.6) is 0 Å². The summed E-state index contributed by atoms with van der Waals surface area (Å²) in [6, 6.07) is 72.6. The molecule has 0 N–H and O–H groups in total. The summed E-state index contributed by atoms with van der Waals surface area (Å²) in [5, 5.41) is 2.62. The zero-order valence-corrected chi connectivity index (χ0v) is 41.0. The molecule has 7 rings (SSSR count). The summed E-state index contributed by atoms with van der Waals surface area (Å²) in [7, 11) is 0. The molecule has 0 nitrogen and oxygen atoms in total. The summed E-state index contributed by atoms with van der Waals surface area (Å²) < 4.78 is 0. The monoisotopic (exact) mass is 828 g/mol. The fraction of sp³-hybridized carbons (Fsp3) is 0.273. The molecule has 0 aromatic heterocycles. The van der Waals surface area contributed by atoms with E-state index in [1.54, 1.807) is 0 Å². The van der Waals surface area contributed by atoms with E-state index in [0.717, 1.165) is 0 Å². The van der Waals surface area contributed by atoms with Crippen LogP contribution in [0, 0.1) is 32.9 Å². The Morgan fingerprint density at radius 1 is 0.232 bits per heavy atom. The molecule has 1 radical (unpaired) electrons. The standard InChI is InChI=1S/C10H8.C7H8.2C7H7.2C6H6.6C2H6.Y/c1-2-6-10-8-4-3-7-9(10)5-1;3*1-7-5-3-2-4-6-7;2*1-2-4-6-5-3-1;6*1-2;/h1-8H;2-6H,1H3;2*3-6H,1H3;2*1-6H;6*1-2H3;/q;;2*-1;;;;;;;;;. The van der Waals surface area contributed by atoms with Gasteiger partial charge in [-0.2, -0.15) is 71.8 Å². The molecular formula is C55H78Y-2. The molecule has 0 aliphatic heterocycles. The second-order valence-corrected chi connectivity index (χ2v) is 9.47. The fourth-order valence-electron chi connectivity index (χ4n) is 3.38. The molecule has 7 aromatic carbocycles. The van der Waals surface area contributed by atoms with Gasteiger partial charge in [0.05, 0.1) is 0 Å². The second-order valence-electron chi connectivity index (χ2n) is 9.47. The molecule has 0 unspecified atom stereocenters. The predicted molar refractivity (Wildman–Crippen MR) is 256 cm³/mol. The van der Waals surface area contributed by atoms with Crippen LogP contribution in [-0.4, -0.2) is 0 Å². The number of hydrogen-bond acceptors (Lipinski definition) is 0. The number of aryl methyl sites for hydroxylation is 3. The van der Waals surface area contributed by atoms with Gasteiger partial charge >= 0.3 is 0 Å². The number of rotatable bonds is 0. The third-order valence-electron chi connectivity index (χ3n) is 5.70. The maximum absolute atomic E-state index is 2.93. The smallest absolute Gasteiger partial charge is 0 e. The van der Waals surface area contributed by atoms with Crippen LogP contribution in [0.15, 0.2) is 200 Å². The van der Waals surface area contributed by atoms with Crippen LogP contribution in [0.3, 0.4) is 0 Å². The molecule has 0 saturated heterocycles. The van der Waals surface area contributed by atoms with Crippen molar-refractivity contribution in [1.82, 2.24) is 0 Å². The Balaban J connectivity index is -0.000000127. The van der Waals surface area contributed by atoms with E-state index >= 15 is 0 Å². The van der Waals surface area contributed by atoms with Crippen molar-refractivity contribution in [2.45, 2.75) is 104 Å². The third-order valence-corrected chi connectivity index (χ3v) is 5.70. The molecule has 0 spiro atoms. The fourth-order valence-corrected chi connectivity index (χ4v) is 3.38. The molecule has 0 aliphatic rings. The van der Waals surface area contributed by atoms with Crippen LogP contribution in [0.1, 0.15) is 99.8 Å². The van der Waals surface area contributed by atoms with E-state index in [0.29, 0.717) is 0 Å². The van der Waals surface area contributed by atoms with E-state index in [9.17, 15) is 0 Å². The molecule has 1 heteroatoms. The maximum Gasteiger partial charge on any atom is 0 e. The summed E-state index contributed by atoms with van der Waals surface area (Å²) >= 11 is 0. The van der Waals surface area contributed by atoms with E-state index < -0.39 is 0 Å². The van der Waals surface area contributed by atoms with Gasteiger partial charge in [-0.05, 0) is 17.7 Å². The molecule has 56 heavy (non-hydrogen) atoms. The first-order valence-corrected chi connectivity index (χ1v) is 20.5. The molecule has 0 fully saturated rings. The third kappa shape index (κ3) is 47.9. The minimum atomic E-state index is 0. The summed E-state index contributed by atoms with van der Waals surface area (Å²) in [6.07, 6.45) is 0. The zero-order valence-electron chi connectivity index (χ0n) is 38.1. The normalized spacial score (nSPS) is 7.41. The first-order valence-electron chi connectivity index (χ1n) is 20.5. The van der Waals surface area contributed by atoms with E-state index in [2.05, 4.69) is 93.6 Å². The SMILES string of the molecule is CC.CC.CC.CC.CC.CC.Cc1cc[c-]cc1.Cc1cc[c-]cc1.Cc1ccccc1.[Y].c1ccc2ccccc2c1.c1ccccc1.c1ccccc1. The Hall–Kier alpha value is -4.10. The first-order chi connectivity index (χ1) is 27.1. The van der Waals surface area contributed by atoms with Gasteiger partial charge in [0, 0.05) is 32.7 Å². The van der Waals surface area contributed by atoms with Crippen molar-refractivity contribution in [3.05, 3.63) is 229 Å². The Morgan fingerprint density at radius 3 is 0.536 bits per heavy atom. The van der Waals surface area contributed by atoms with Crippen LogP contribution in [0.4, 0.5) is 0 Å². The molecular weight excluding hydrogens is 750 g/mol. The van der Waals surface area contributed by atoms with Crippen molar-refractivity contribution >= 4 is 10.8 Å². The van der Waals surface area contributed by atoms with Gasteiger partial charge in [0.2, 0.25) is 0 Å². The van der Waals surface area contributed by atoms with Gasteiger partial charge in [0.15, 0.2) is 0 Å². The summed E-state index contributed by atoms with van der Waals surface area (Å²) in [5.74, 6) is 0. The van der Waals surface area contributed by atoms with Gasteiger partial charge in [0.1, 0.15) is 0 Å². The Kier molecular flexibility index (Phi) is 68.6. The Labute approximate surface area is 373 Å². The Bertz CT molecular complexity index is 1310. The minimum Gasteiger partial charge on any atom is -0.184 e. The van der Waals surface area contributed by atoms with Gasteiger partial charge in [-0.15, -0.1) is 0 Å². The van der Waals surface area contributed by atoms with Gasteiger partial charge in [-0.3, -0.25) is 0 Å². The van der Waals surface area contributed by atoms with E-state index in [1.807, 2.05) is 223 Å². The number of fused-ring (bicyclic) bond motifs is 1. The summed E-state index contributed by atoms with van der Waals surface area (Å²) in [4.78, 5) is 0. The summed E-state index contributed by atoms with van der Waals surface area (Å²) in [6.45, 7) is 30.2. The maximum atomic E-state index is 2.93. The van der Waals surface area contributed by atoms with Crippen molar-refractivity contribution in [2.75, 3.05) is 0 Å².